The molecule has 3 heterocycles. The minimum Gasteiger partial charge on any atom is -0.336 e. The first-order valence-electron chi connectivity index (χ1n) is 10.6. The molecular formula is C24H23FN6O2. The second-order valence-corrected chi connectivity index (χ2v) is 7.64. The van der Waals surface area contributed by atoms with Crippen LogP contribution in [0.15, 0.2) is 59.5 Å². The zero-order chi connectivity index (χ0) is 23.4. The lowest BCUT2D eigenvalue weighted by Crippen LogP contribution is -2.40. The van der Waals surface area contributed by atoms with Crippen LogP contribution in [0.3, 0.4) is 0 Å². The third-order valence-electron chi connectivity index (χ3n) is 5.24. The Bertz CT molecular complexity index is 1240. The highest BCUT2D eigenvalue weighted by Crippen LogP contribution is 2.24. The maximum Gasteiger partial charge on any atom is 0.276 e. The number of pyridine rings is 1. The first-order chi connectivity index (χ1) is 16.0. The summed E-state index contributed by atoms with van der Waals surface area (Å²) in [7, 11) is 0. The molecule has 0 radical (unpaired) electrons. The Hall–Kier alpha value is -4.01. The van der Waals surface area contributed by atoms with E-state index in [1.54, 1.807) is 23.4 Å². The van der Waals surface area contributed by atoms with Gasteiger partial charge in [-0.2, -0.15) is 4.98 Å². The predicted molar refractivity (Wildman–Crippen MR) is 120 cm³/mol. The molecule has 0 bridgehead atoms. The first-order valence-corrected chi connectivity index (χ1v) is 10.6. The van der Waals surface area contributed by atoms with Crippen molar-refractivity contribution in [2.45, 2.75) is 33.2 Å². The van der Waals surface area contributed by atoms with Crippen molar-refractivity contribution in [2.75, 3.05) is 6.54 Å². The molecule has 3 aromatic heterocycles. The van der Waals surface area contributed by atoms with Gasteiger partial charge in [0.2, 0.25) is 0 Å². The molecule has 0 aliphatic heterocycles. The van der Waals surface area contributed by atoms with E-state index in [-0.39, 0.29) is 17.8 Å². The second-order valence-electron chi connectivity index (χ2n) is 7.64. The van der Waals surface area contributed by atoms with Gasteiger partial charge >= 0.3 is 0 Å². The highest BCUT2D eigenvalue weighted by Gasteiger charge is 2.25. The molecule has 1 aromatic carbocycles. The number of carbonyl (C=O) groups excluding carboxylic acids is 1. The largest absolute Gasteiger partial charge is 0.336 e. The maximum absolute atomic E-state index is 13.6. The van der Waals surface area contributed by atoms with Crippen molar-refractivity contribution < 1.29 is 13.7 Å². The first kappa shape index (κ1) is 22.2. The van der Waals surface area contributed by atoms with E-state index in [0.29, 0.717) is 41.4 Å². The summed E-state index contributed by atoms with van der Waals surface area (Å²) < 4.78 is 18.4. The molecular weight excluding hydrogens is 423 g/mol. The van der Waals surface area contributed by atoms with E-state index in [1.165, 1.54) is 12.1 Å². The molecule has 4 rings (SSSR count). The Labute approximate surface area is 190 Å². The van der Waals surface area contributed by atoms with E-state index in [1.807, 2.05) is 39.0 Å². The van der Waals surface area contributed by atoms with E-state index in [0.717, 1.165) is 11.8 Å². The molecule has 0 saturated carbocycles. The number of benzene rings is 1. The van der Waals surface area contributed by atoms with Gasteiger partial charge < -0.3 is 9.42 Å². The summed E-state index contributed by atoms with van der Waals surface area (Å²) in [4.78, 5) is 32.3. The van der Waals surface area contributed by atoms with Gasteiger partial charge in [0.25, 0.3) is 11.8 Å². The van der Waals surface area contributed by atoms with Gasteiger partial charge in [-0.15, -0.1) is 0 Å². The molecule has 0 N–H and O–H groups in total. The fraction of sp³-hybridized carbons (Fsp3) is 0.250. The van der Waals surface area contributed by atoms with Gasteiger partial charge in [-0.25, -0.2) is 19.3 Å². The monoisotopic (exact) mass is 446 g/mol. The van der Waals surface area contributed by atoms with Crippen LogP contribution in [-0.2, 0) is 6.42 Å². The van der Waals surface area contributed by atoms with Crippen LogP contribution < -0.4 is 0 Å². The predicted octanol–water partition coefficient (Wildman–Crippen LogP) is 4.13. The number of aromatic nitrogens is 5. The molecule has 0 saturated heterocycles. The van der Waals surface area contributed by atoms with Gasteiger partial charge in [0.05, 0.1) is 11.8 Å². The number of carbonyl (C=O) groups is 1. The smallest absolute Gasteiger partial charge is 0.276 e. The Balaban J connectivity index is 1.56. The van der Waals surface area contributed by atoms with Crippen molar-refractivity contribution in [1.29, 1.82) is 0 Å². The van der Waals surface area contributed by atoms with Crippen molar-refractivity contribution >= 4 is 5.91 Å². The standard InChI is InChI=1S/C24H23FN6O2/c1-4-31(16(3)13-21-29-23(33-30-21)20-9-7-17(25)14-28-20)24(32)19-12-15(2)6-8-18(19)22-26-10-5-11-27-22/h5-12,14,16H,4,13H2,1-3H3/t16-/m0/s1. The molecule has 8 nitrogen and oxygen atoms in total. The Kier molecular flexibility index (Phi) is 6.48. The molecule has 168 valence electrons. The molecule has 0 fully saturated rings. The fourth-order valence-electron chi connectivity index (χ4n) is 3.60. The van der Waals surface area contributed by atoms with Crippen LogP contribution in [0.4, 0.5) is 4.39 Å². The molecule has 9 heteroatoms. The summed E-state index contributed by atoms with van der Waals surface area (Å²) >= 11 is 0. The summed E-state index contributed by atoms with van der Waals surface area (Å²) in [6.45, 7) is 6.29. The number of nitrogens with zero attached hydrogens (tertiary/aromatic N) is 6. The minimum atomic E-state index is -0.444. The number of amides is 1. The van der Waals surface area contributed by atoms with Crippen LogP contribution in [0, 0.1) is 12.7 Å². The molecule has 0 unspecified atom stereocenters. The molecule has 4 aromatic rings. The lowest BCUT2D eigenvalue weighted by Gasteiger charge is -2.28. The highest BCUT2D eigenvalue weighted by atomic mass is 19.1. The molecule has 0 spiro atoms. The fourth-order valence-corrected chi connectivity index (χ4v) is 3.60. The number of likely N-dealkylation sites (N-methyl/N-ethyl adjacent to an activating group) is 1. The zero-order valence-corrected chi connectivity index (χ0v) is 18.6. The zero-order valence-electron chi connectivity index (χ0n) is 18.6. The van der Waals surface area contributed by atoms with Crippen molar-refractivity contribution in [3.63, 3.8) is 0 Å². The molecule has 33 heavy (non-hydrogen) atoms. The lowest BCUT2D eigenvalue weighted by atomic mass is 10.0. The molecule has 0 aliphatic carbocycles. The second kappa shape index (κ2) is 9.64. The third-order valence-corrected chi connectivity index (χ3v) is 5.24. The van der Waals surface area contributed by atoms with Crippen molar-refractivity contribution in [3.8, 4) is 23.0 Å². The van der Waals surface area contributed by atoms with Crippen LogP contribution in [0.1, 0.15) is 35.6 Å². The van der Waals surface area contributed by atoms with E-state index in [9.17, 15) is 9.18 Å². The summed E-state index contributed by atoms with van der Waals surface area (Å²) in [5.41, 5.74) is 2.58. The Morgan fingerprint density at radius 1 is 1.15 bits per heavy atom. The summed E-state index contributed by atoms with van der Waals surface area (Å²) in [5.74, 6) is 0.569. The number of rotatable bonds is 7. The third kappa shape index (κ3) is 4.92. The van der Waals surface area contributed by atoms with Gasteiger partial charge in [-0.3, -0.25) is 4.79 Å². The average molecular weight is 446 g/mol. The molecule has 1 amide bonds. The molecule has 0 aliphatic rings. The summed E-state index contributed by atoms with van der Waals surface area (Å²) in [6, 6.07) is 9.95. The summed E-state index contributed by atoms with van der Waals surface area (Å²) in [5, 5.41) is 4.01. The highest BCUT2D eigenvalue weighted by molar-refractivity contribution is 6.00. The van der Waals surface area contributed by atoms with Gasteiger partial charge in [0.15, 0.2) is 11.6 Å². The SMILES string of the molecule is CCN(C(=O)c1cc(C)ccc1-c1ncccn1)[C@@H](C)Cc1noc(-c2ccc(F)cn2)n1. The quantitative estimate of drug-likeness (QED) is 0.421. The number of aryl methyl sites for hydroxylation is 1. The summed E-state index contributed by atoms with van der Waals surface area (Å²) in [6.07, 6.45) is 4.78. The minimum absolute atomic E-state index is 0.125. The van der Waals surface area contributed by atoms with Crippen molar-refractivity contribution in [1.82, 2.24) is 30.0 Å². The van der Waals surface area contributed by atoms with E-state index >= 15 is 0 Å². The van der Waals surface area contributed by atoms with Gasteiger partial charge in [-0.1, -0.05) is 22.9 Å². The topological polar surface area (TPSA) is 97.9 Å². The van der Waals surface area contributed by atoms with Gasteiger partial charge in [-0.05, 0) is 45.0 Å². The van der Waals surface area contributed by atoms with E-state index in [4.69, 9.17) is 4.52 Å². The van der Waals surface area contributed by atoms with Crippen LogP contribution in [0.25, 0.3) is 23.0 Å². The van der Waals surface area contributed by atoms with Crippen molar-refractivity contribution in [3.05, 3.63) is 77.8 Å². The Morgan fingerprint density at radius 2 is 1.94 bits per heavy atom. The lowest BCUT2D eigenvalue weighted by molar-refractivity contribution is 0.0702. The van der Waals surface area contributed by atoms with Crippen LogP contribution in [0.5, 0.6) is 0 Å². The van der Waals surface area contributed by atoms with Gasteiger partial charge in [0, 0.05) is 37.0 Å². The average Bonchev–Trinajstić information content (AvgIpc) is 3.28. The van der Waals surface area contributed by atoms with Gasteiger partial charge in [0.1, 0.15) is 11.5 Å². The van der Waals surface area contributed by atoms with Crippen molar-refractivity contribution in [2.24, 2.45) is 0 Å². The van der Waals surface area contributed by atoms with E-state index in [2.05, 4.69) is 25.1 Å². The number of hydrogen-bond acceptors (Lipinski definition) is 7. The number of halogens is 1. The van der Waals surface area contributed by atoms with Crippen LogP contribution in [-0.4, -0.2) is 48.5 Å². The van der Waals surface area contributed by atoms with Crippen LogP contribution in [0.2, 0.25) is 0 Å². The number of hydrogen-bond donors (Lipinski definition) is 0. The molecule has 1 atom stereocenters. The Morgan fingerprint density at radius 3 is 2.64 bits per heavy atom. The normalized spacial score (nSPS) is 11.9. The van der Waals surface area contributed by atoms with E-state index < -0.39 is 5.82 Å². The maximum atomic E-state index is 13.6. The van der Waals surface area contributed by atoms with Crippen LogP contribution >= 0.6 is 0 Å².